The van der Waals surface area contributed by atoms with Gasteiger partial charge in [-0.1, -0.05) is 41.1 Å². The van der Waals surface area contributed by atoms with Gasteiger partial charge in [0.05, 0.1) is 7.11 Å². The van der Waals surface area contributed by atoms with Gasteiger partial charge >= 0.3 is 0 Å². The molecule has 0 amide bonds. The van der Waals surface area contributed by atoms with Crippen molar-refractivity contribution >= 4 is 38.6 Å². The summed E-state index contributed by atoms with van der Waals surface area (Å²) in [6.07, 6.45) is 5.85. The fourth-order valence-electron chi connectivity index (χ4n) is 4.30. The molecule has 2 atom stereocenters. The molecule has 1 aliphatic heterocycles. The van der Waals surface area contributed by atoms with Crippen LogP contribution in [0, 0.1) is 11.8 Å². The van der Waals surface area contributed by atoms with Gasteiger partial charge in [0.25, 0.3) is 0 Å². The topological polar surface area (TPSA) is 12.5 Å². The summed E-state index contributed by atoms with van der Waals surface area (Å²) < 4.78 is 7.12. The van der Waals surface area contributed by atoms with E-state index in [1.807, 2.05) is 0 Å². The first-order valence-electron chi connectivity index (χ1n) is 8.39. The number of anilines is 1. The molecule has 3 aliphatic rings. The predicted molar refractivity (Wildman–Crippen MR) is 109 cm³/mol. The van der Waals surface area contributed by atoms with Crippen LogP contribution < -0.4 is 4.90 Å². The first-order chi connectivity index (χ1) is 11.2. The van der Waals surface area contributed by atoms with Crippen molar-refractivity contribution in [3.8, 4) is 0 Å². The van der Waals surface area contributed by atoms with Crippen molar-refractivity contribution in [2.75, 3.05) is 18.6 Å². The first-order valence-corrected chi connectivity index (χ1v) is 9.18. The van der Waals surface area contributed by atoms with E-state index in [1.165, 1.54) is 28.6 Å². The Labute approximate surface area is 163 Å². The number of ether oxygens (including phenoxy) is 1. The third-order valence-electron chi connectivity index (χ3n) is 5.41. The number of allylic oxidation sites excluding steroid dienone is 2. The molecule has 1 heterocycles. The van der Waals surface area contributed by atoms with Gasteiger partial charge in [-0.25, -0.2) is 0 Å². The molecular weight excluding hydrogens is 430 g/mol. The van der Waals surface area contributed by atoms with Crippen molar-refractivity contribution in [3.63, 3.8) is 0 Å². The minimum atomic E-state index is 0. The standard InChI is InChI=1S/C20H22BrNO.BrH/c1-13-10-14-8-9-17(21)20-18(23-2)12-22(11-16(13)19(14)20)15-6-4-3-5-7-15;/h3-7,12-14H,8-11H2,1-2H3;1H/t13-,14+;/m1./s1. The maximum Gasteiger partial charge on any atom is 0.143 e. The number of halogens is 2. The minimum absolute atomic E-state index is 0. The number of para-hydroxylation sites is 1. The van der Waals surface area contributed by atoms with Crippen LogP contribution in [0.2, 0.25) is 0 Å². The Balaban J connectivity index is 0.00000169. The van der Waals surface area contributed by atoms with Gasteiger partial charge in [-0.2, -0.15) is 0 Å². The molecule has 128 valence electrons. The van der Waals surface area contributed by atoms with Crippen LogP contribution in [-0.4, -0.2) is 13.7 Å². The summed E-state index contributed by atoms with van der Waals surface area (Å²) in [7, 11) is 1.79. The van der Waals surface area contributed by atoms with Crippen molar-refractivity contribution < 1.29 is 4.74 Å². The highest BCUT2D eigenvalue weighted by atomic mass is 79.9. The molecule has 2 nitrogen and oxygen atoms in total. The summed E-state index contributed by atoms with van der Waals surface area (Å²) in [6, 6.07) is 10.6. The van der Waals surface area contributed by atoms with Gasteiger partial charge in [-0.05, 0) is 54.4 Å². The fraction of sp³-hybridized carbons (Fsp3) is 0.400. The molecule has 24 heavy (non-hydrogen) atoms. The zero-order valence-corrected chi connectivity index (χ0v) is 17.4. The second-order valence-electron chi connectivity index (χ2n) is 6.75. The third-order valence-corrected chi connectivity index (χ3v) is 6.20. The Hall–Kier alpha value is -1.00. The Morgan fingerprint density at radius 1 is 1.21 bits per heavy atom. The lowest BCUT2D eigenvalue weighted by atomic mass is 9.84. The Morgan fingerprint density at radius 3 is 2.67 bits per heavy atom. The van der Waals surface area contributed by atoms with Crippen molar-refractivity contribution in [2.24, 2.45) is 11.8 Å². The van der Waals surface area contributed by atoms with Crippen LogP contribution in [-0.2, 0) is 4.74 Å². The molecule has 1 aromatic rings. The van der Waals surface area contributed by atoms with Crippen LogP contribution in [0.15, 0.2) is 63.5 Å². The quantitative estimate of drug-likeness (QED) is 0.548. The van der Waals surface area contributed by atoms with E-state index in [0.717, 1.165) is 18.7 Å². The van der Waals surface area contributed by atoms with Crippen LogP contribution in [0.5, 0.6) is 0 Å². The molecule has 0 spiro atoms. The van der Waals surface area contributed by atoms with E-state index in [0.29, 0.717) is 11.8 Å². The molecule has 0 radical (unpaired) electrons. The molecule has 0 bridgehead atoms. The predicted octanol–water partition coefficient (Wildman–Crippen LogP) is 5.97. The molecule has 1 aromatic carbocycles. The summed E-state index contributed by atoms with van der Waals surface area (Å²) >= 11 is 3.83. The molecule has 4 heteroatoms. The Bertz CT molecular complexity index is 720. The van der Waals surface area contributed by atoms with E-state index in [-0.39, 0.29) is 17.0 Å². The molecule has 0 N–H and O–H groups in total. The van der Waals surface area contributed by atoms with Crippen molar-refractivity contribution in [1.82, 2.24) is 0 Å². The van der Waals surface area contributed by atoms with Gasteiger partial charge in [0.1, 0.15) is 5.76 Å². The van der Waals surface area contributed by atoms with Crippen molar-refractivity contribution in [3.05, 3.63) is 63.5 Å². The van der Waals surface area contributed by atoms with Crippen LogP contribution in [0.4, 0.5) is 5.69 Å². The molecule has 0 fully saturated rings. The summed E-state index contributed by atoms with van der Waals surface area (Å²) in [6.45, 7) is 3.35. The zero-order valence-electron chi connectivity index (χ0n) is 14.1. The van der Waals surface area contributed by atoms with Crippen LogP contribution in [0.1, 0.15) is 26.2 Å². The largest absolute Gasteiger partial charge is 0.495 e. The van der Waals surface area contributed by atoms with Crippen LogP contribution in [0.25, 0.3) is 0 Å². The van der Waals surface area contributed by atoms with E-state index < -0.39 is 0 Å². The van der Waals surface area contributed by atoms with Gasteiger partial charge in [0.15, 0.2) is 0 Å². The highest BCUT2D eigenvalue weighted by Gasteiger charge is 2.39. The first kappa shape index (κ1) is 17.8. The average molecular weight is 453 g/mol. The lowest BCUT2D eigenvalue weighted by Crippen LogP contribution is -2.20. The number of nitrogens with zero attached hydrogens (tertiary/aromatic N) is 1. The van der Waals surface area contributed by atoms with Crippen molar-refractivity contribution in [2.45, 2.75) is 26.2 Å². The van der Waals surface area contributed by atoms with E-state index in [4.69, 9.17) is 4.74 Å². The van der Waals surface area contributed by atoms with E-state index >= 15 is 0 Å². The van der Waals surface area contributed by atoms with E-state index in [2.05, 4.69) is 64.3 Å². The lowest BCUT2D eigenvalue weighted by Gasteiger charge is -2.26. The highest BCUT2D eigenvalue weighted by molar-refractivity contribution is 9.11. The van der Waals surface area contributed by atoms with Gasteiger partial charge in [0, 0.05) is 28.5 Å². The molecule has 0 unspecified atom stereocenters. The van der Waals surface area contributed by atoms with Gasteiger partial charge in [0.2, 0.25) is 0 Å². The molecule has 0 saturated heterocycles. The number of methoxy groups -OCH3 is 1. The second-order valence-corrected chi connectivity index (χ2v) is 7.71. The summed E-state index contributed by atoms with van der Waals surface area (Å²) in [4.78, 5) is 2.34. The van der Waals surface area contributed by atoms with Crippen molar-refractivity contribution in [1.29, 1.82) is 0 Å². The van der Waals surface area contributed by atoms with Crippen LogP contribution in [0.3, 0.4) is 0 Å². The molecule has 0 saturated carbocycles. The van der Waals surface area contributed by atoms with Crippen LogP contribution >= 0.6 is 32.9 Å². The molecule has 2 aliphatic carbocycles. The third kappa shape index (κ3) is 2.88. The van der Waals surface area contributed by atoms with Gasteiger partial charge in [-0.3, -0.25) is 0 Å². The highest BCUT2D eigenvalue weighted by Crippen LogP contribution is 2.51. The monoisotopic (exact) mass is 451 g/mol. The summed E-state index contributed by atoms with van der Waals surface area (Å²) in [5.41, 5.74) is 5.69. The number of hydrogen-bond donors (Lipinski definition) is 0. The van der Waals surface area contributed by atoms with Gasteiger partial charge in [-0.15, -0.1) is 17.0 Å². The molecule has 0 aromatic heterocycles. The minimum Gasteiger partial charge on any atom is -0.495 e. The summed E-state index contributed by atoms with van der Waals surface area (Å²) in [5.74, 6) is 2.34. The Morgan fingerprint density at radius 2 is 1.96 bits per heavy atom. The van der Waals surface area contributed by atoms with E-state index in [1.54, 1.807) is 18.3 Å². The SMILES string of the molecule is Br.COC1=CN(c2ccccc2)CC2=C3C1=C(Br)CC[C@H]3C[C@H]2C. The number of rotatable bonds is 2. The fourth-order valence-corrected chi connectivity index (χ4v) is 4.93. The smallest absolute Gasteiger partial charge is 0.143 e. The molecule has 4 rings (SSSR count). The normalized spacial score (nSPS) is 25.8. The second kappa shape index (κ2) is 7.09. The number of benzene rings is 1. The average Bonchev–Trinajstić information content (AvgIpc) is 2.78. The number of hydrogen-bond acceptors (Lipinski definition) is 2. The molecular formula is C20H23Br2NO. The maximum atomic E-state index is 5.82. The van der Waals surface area contributed by atoms with Gasteiger partial charge < -0.3 is 9.64 Å². The summed E-state index contributed by atoms with van der Waals surface area (Å²) in [5, 5.41) is 0. The lowest BCUT2D eigenvalue weighted by molar-refractivity contribution is 0.297. The zero-order chi connectivity index (χ0) is 16.0. The van der Waals surface area contributed by atoms with E-state index in [9.17, 15) is 0 Å². The maximum absolute atomic E-state index is 5.82. The Kier molecular flexibility index (Phi) is 5.26.